The van der Waals surface area contributed by atoms with E-state index in [-0.39, 0.29) is 11.5 Å². The predicted molar refractivity (Wildman–Crippen MR) is 100 cm³/mol. The van der Waals surface area contributed by atoms with Crippen molar-refractivity contribution in [3.8, 4) is 0 Å². The molecule has 1 unspecified atom stereocenters. The largest absolute Gasteiger partial charge is 0.306 e. The lowest BCUT2D eigenvalue weighted by Crippen LogP contribution is -2.25. The molecule has 1 nitrogen and oxygen atoms in total. The van der Waals surface area contributed by atoms with Crippen molar-refractivity contribution in [2.75, 3.05) is 6.54 Å². The molecule has 0 amide bonds. The van der Waals surface area contributed by atoms with Gasteiger partial charge in [-0.15, -0.1) is 11.3 Å². The summed E-state index contributed by atoms with van der Waals surface area (Å²) in [6.45, 7) is 9.90. The molecule has 1 heterocycles. The Morgan fingerprint density at radius 2 is 1.81 bits per heavy atom. The van der Waals surface area contributed by atoms with Crippen molar-refractivity contribution in [3.63, 3.8) is 0 Å². The van der Waals surface area contributed by atoms with E-state index in [4.69, 9.17) is 0 Å². The van der Waals surface area contributed by atoms with Gasteiger partial charge in [0, 0.05) is 0 Å². The molecule has 0 saturated heterocycles. The van der Waals surface area contributed by atoms with E-state index in [9.17, 15) is 0 Å². The highest BCUT2D eigenvalue weighted by molar-refractivity contribution is 9.12. The first-order valence-electron chi connectivity index (χ1n) is 7.12. The van der Waals surface area contributed by atoms with Crippen molar-refractivity contribution in [1.82, 2.24) is 5.32 Å². The maximum absolute atomic E-state index is 3.71. The first-order valence-corrected chi connectivity index (χ1v) is 9.52. The van der Waals surface area contributed by atoms with Crippen molar-refractivity contribution in [3.05, 3.63) is 54.6 Å². The lowest BCUT2D eigenvalue weighted by molar-refractivity contribution is 0.557. The molecule has 0 saturated carbocycles. The average molecular weight is 431 g/mol. The number of nitrogens with one attached hydrogen (secondary N) is 1. The number of rotatable bonds is 4. The maximum Gasteiger partial charge on any atom is 0.0761 e. The van der Waals surface area contributed by atoms with Crippen molar-refractivity contribution in [2.45, 2.75) is 39.2 Å². The van der Waals surface area contributed by atoms with Crippen LogP contribution in [-0.2, 0) is 5.41 Å². The molecule has 0 spiro atoms. The highest BCUT2D eigenvalue weighted by atomic mass is 79.9. The molecule has 114 valence electrons. The van der Waals surface area contributed by atoms with Crippen molar-refractivity contribution < 1.29 is 0 Å². The van der Waals surface area contributed by atoms with Crippen molar-refractivity contribution in [2.24, 2.45) is 0 Å². The molecule has 1 atom stereocenters. The number of halogens is 2. The third kappa shape index (κ3) is 3.98. The summed E-state index contributed by atoms with van der Waals surface area (Å²) in [6, 6.07) is 11.2. The molecular formula is C17H21Br2NS. The molecule has 0 fully saturated rings. The molecule has 0 aliphatic carbocycles. The highest BCUT2D eigenvalue weighted by Crippen LogP contribution is 2.40. The van der Waals surface area contributed by atoms with Gasteiger partial charge in [0.2, 0.25) is 0 Å². The zero-order valence-corrected chi connectivity index (χ0v) is 16.8. The summed E-state index contributed by atoms with van der Waals surface area (Å²) in [4.78, 5) is 0. The molecule has 1 N–H and O–H groups in total. The van der Waals surface area contributed by atoms with Crippen LogP contribution in [0.15, 0.2) is 37.9 Å². The number of thiophene rings is 1. The van der Waals surface area contributed by atoms with Gasteiger partial charge in [-0.1, -0.05) is 52.0 Å². The summed E-state index contributed by atoms with van der Waals surface area (Å²) in [5.41, 5.74) is 4.18. The van der Waals surface area contributed by atoms with Crippen molar-refractivity contribution in [1.29, 1.82) is 0 Å². The summed E-state index contributed by atoms with van der Waals surface area (Å²) in [7, 11) is 0. The minimum Gasteiger partial charge on any atom is -0.306 e. The zero-order valence-electron chi connectivity index (χ0n) is 12.8. The van der Waals surface area contributed by atoms with Crippen LogP contribution >= 0.6 is 43.2 Å². The standard InChI is InChI=1S/C17H21Br2NS/c1-5-20-15(12-10-14(18)21-16(12)19)11-8-6-7-9-13(11)17(2,3)4/h6-10,15,20H,5H2,1-4H3. The van der Waals surface area contributed by atoms with Crippen LogP contribution in [0, 0.1) is 0 Å². The van der Waals surface area contributed by atoms with Gasteiger partial charge in [0.25, 0.3) is 0 Å². The van der Waals surface area contributed by atoms with Gasteiger partial charge in [0.15, 0.2) is 0 Å². The fourth-order valence-electron chi connectivity index (χ4n) is 2.57. The molecule has 0 aliphatic heterocycles. The van der Waals surface area contributed by atoms with E-state index >= 15 is 0 Å². The fraction of sp³-hybridized carbons (Fsp3) is 0.412. The van der Waals surface area contributed by atoms with Crippen LogP contribution in [0.5, 0.6) is 0 Å². The molecule has 0 bridgehead atoms. The van der Waals surface area contributed by atoms with E-state index in [1.807, 2.05) is 0 Å². The Bertz CT molecular complexity index is 613. The lowest BCUT2D eigenvalue weighted by atomic mass is 9.81. The fourth-order valence-corrected chi connectivity index (χ4v) is 5.48. The molecule has 21 heavy (non-hydrogen) atoms. The van der Waals surface area contributed by atoms with Crippen molar-refractivity contribution >= 4 is 43.2 Å². The van der Waals surface area contributed by atoms with E-state index < -0.39 is 0 Å². The van der Waals surface area contributed by atoms with Gasteiger partial charge in [0.1, 0.15) is 0 Å². The van der Waals surface area contributed by atoms with Crippen LogP contribution in [0.1, 0.15) is 50.4 Å². The average Bonchev–Trinajstić information content (AvgIpc) is 2.74. The number of hydrogen-bond donors (Lipinski definition) is 1. The van der Waals surface area contributed by atoms with Crippen LogP contribution in [0.3, 0.4) is 0 Å². The number of hydrogen-bond acceptors (Lipinski definition) is 2. The van der Waals surface area contributed by atoms with Gasteiger partial charge in [-0.2, -0.15) is 0 Å². The first kappa shape index (κ1) is 17.2. The van der Waals surface area contributed by atoms with Gasteiger partial charge in [-0.05, 0) is 66.6 Å². The smallest absolute Gasteiger partial charge is 0.0761 e. The van der Waals surface area contributed by atoms with Gasteiger partial charge in [0.05, 0.1) is 13.6 Å². The summed E-state index contributed by atoms with van der Waals surface area (Å²) in [5, 5.41) is 3.64. The normalized spacial score (nSPS) is 13.4. The summed E-state index contributed by atoms with van der Waals surface area (Å²) in [6.07, 6.45) is 0. The summed E-state index contributed by atoms with van der Waals surface area (Å²) < 4.78 is 2.34. The Hall–Kier alpha value is -0.160. The number of benzene rings is 1. The second-order valence-corrected chi connectivity index (χ2v) is 9.86. The Labute approximate surface area is 148 Å². The Kier molecular flexibility index (Phi) is 5.69. The Morgan fingerprint density at radius 1 is 1.14 bits per heavy atom. The van der Waals surface area contributed by atoms with Gasteiger partial charge in [-0.3, -0.25) is 0 Å². The minimum atomic E-state index is 0.129. The minimum absolute atomic E-state index is 0.129. The van der Waals surface area contributed by atoms with Gasteiger partial charge >= 0.3 is 0 Å². The Balaban J connectivity index is 2.56. The maximum atomic E-state index is 3.71. The summed E-state index contributed by atoms with van der Waals surface area (Å²) >= 11 is 9.03. The molecule has 2 aromatic rings. The predicted octanol–water partition coefficient (Wildman–Crippen LogP) is 6.27. The zero-order chi connectivity index (χ0) is 15.6. The summed E-state index contributed by atoms with van der Waals surface area (Å²) in [5.74, 6) is 0. The quantitative estimate of drug-likeness (QED) is 0.602. The van der Waals surface area contributed by atoms with Crippen LogP contribution in [-0.4, -0.2) is 6.54 Å². The molecular weight excluding hydrogens is 410 g/mol. The van der Waals surface area contributed by atoms with E-state index in [0.717, 1.165) is 10.3 Å². The second-order valence-electron chi connectivity index (χ2n) is 6.11. The topological polar surface area (TPSA) is 12.0 Å². The molecule has 0 aliphatic rings. The van der Waals surface area contributed by atoms with Crippen LogP contribution in [0.4, 0.5) is 0 Å². The third-order valence-corrected chi connectivity index (χ3v) is 5.87. The van der Waals surface area contributed by atoms with E-state index in [1.165, 1.54) is 20.5 Å². The van der Waals surface area contributed by atoms with Crippen LogP contribution in [0.2, 0.25) is 0 Å². The van der Waals surface area contributed by atoms with Gasteiger partial charge < -0.3 is 5.32 Å². The molecule has 0 radical (unpaired) electrons. The molecule has 1 aromatic carbocycles. The third-order valence-electron chi connectivity index (χ3n) is 3.48. The molecule has 1 aromatic heterocycles. The molecule has 2 rings (SSSR count). The van der Waals surface area contributed by atoms with E-state index in [0.29, 0.717) is 0 Å². The van der Waals surface area contributed by atoms with Crippen LogP contribution in [0.25, 0.3) is 0 Å². The second kappa shape index (κ2) is 6.95. The monoisotopic (exact) mass is 429 g/mol. The Morgan fingerprint density at radius 3 is 2.33 bits per heavy atom. The van der Waals surface area contributed by atoms with Crippen LogP contribution < -0.4 is 5.32 Å². The van der Waals surface area contributed by atoms with E-state index in [1.54, 1.807) is 11.3 Å². The van der Waals surface area contributed by atoms with E-state index in [2.05, 4.69) is 95.2 Å². The molecule has 4 heteroatoms. The van der Waals surface area contributed by atoms with Gasteiger partial charge in [-0.25, -0.2) is 0 Å². The first-order chi connectivity index (χ1) is 9.84. The lowest BCUT2D eigenvalue weighted by Gasteiger charge is -2.28. The highest BCUT2D eigenvalue weighted by Gasteiger charge is 2.25. The SMILES string of the molecule is CCNC(c1ccccc1C(C)(C)C)c1cc(Br)sc1Br.